The molecule has 1 aromatic carbocycles. The van der Waals surface area contributed by atoms with Crippen LogP contribution >= 0.6 is 0 Å². The molecule has 1 aromatic heterocycles. The largest absolute Gasteiger partial charge is 0.507 e. The van der Waals surface area contributed by atoms with Gasteiger partial charge in [-0.1, -0.05) is 6.07 Å². The van der Waals surface area contributed by atoms with Crippen molar-refractivity contribution in [2.45, 2.75) is 0 Å². The molecule has 0 aliphatic carbocycles. The Labute approximate surface area is 144 Å². The van der Waals surface area contributed by atoms with Crippen LogP contribution in [0.1, 0.15) is 10.4 Å². The van der Waals surface area contributed by atoms with E-state index in [1.807, 2.05) is 0 Å². The highest BCUT2D eigenvalue weighted by molar-refractivity contribution is 6.13. The third-order valence-corrected chi connectivity index (χ3v) is 3.69. The number of guanidine groups is 1. The molecule has 0 fully saturated rings. The molecule has 3 rings (SSSR count). The number of carbonyl (C=O) groups is 1. The van der Waals surface area contributed by atoms with Gasteiger partial charge in [0.1, 0.15) is 11.5 Å². The Hall–Kier alpha value is -3.60. The van der Waals surface area contributed by atoms with Crippen LogP contribution < -0.4 is 15.4 Å². The number of phenols is 1. The van der Waals surface area contributed by atoms with Crippen molar-refractivity contribution in [1.82, 2.24) is 15.6 Å². The molecule has 2 aromatic rings. The van der Waals surface area contributed by atoms with Gasteiger partial charge >= 0.3 is 0 Å². The lowest BCUT2D eigenvalue weighted by molar-refractivity contribution is 0.0974. The zero-order valence-electron chi connectivity index (χ0n) is 13.4. The summed E-state index contributed by atoms with van der Waals surface area (Å²) in [6, 6.07) is 4.41. The van der Waals surface area contributed by atoms with Crippen LogP contribution in [0.5, 0.6) is 11.5 Å². The van der Waals surface area contributed by atoms with Crippen molar-refractivity contribution >= 4 is 17.6 Å². The molecular formula is C17H15N5O3. The molecule has 1 aliphatic heterocycles. The average Bonchev–Trinajstić information content (AvgIpc) is 3.14. The molecule has 8 heteroatoms. The molecule has 0 atom stereocenters. The number of amides is 1. The standard InChI is InChI=1S/C17H15N5O3/c1-18-11-3-4-12(23)15(16(24)22-17-20-7-8-21-17)14(11)10-5-6-19-9-13(10)25-2/h3-6,9,23H,7-8H2,2H3,(H2,20,21,22,24). The molecule has 3 N–H and O–H groups in total. The second-order valence-corrected chi connectivity index (χ2v) is 5.15. The lowest BCUT2D eigenvalue weighted by atomic mass is 9.96. The normalized spacial score (nSPS) is 12.7. The first kappa shape index (κ1) is 16.3. The van der Waals surface area contributed by atoms with Gasteiger partial charge in [0.25, 0.3) is 5.91 Å². The Morgan fingerprint density at radius 2 is 2.28 bits per heavy atom. The number of benzene rings is 1. The first-order valence-corrected chi connectivity index (χ1v) is 7.47. The predicted octanol–water partition coefficient (Wildman–Crippen LogP) is 1.70. The number of rotatable bonds is 3. The molecule has 0 saturated heterocycles. The maximum Gasteiger partial charge on any atom is 0.261 e. The second-order valence-electron chi connectivity index (χ2n) is 5.15. The minimum Gasteiger partial charge on any atom is -0.507 e. The number of aliphatic imine (C=N–C) groups is 1. The number of pyridine rings is 1. The van der Waals surface area contributed by atoms with Crippen molar-refractivity contribution in [3.8, 4) is 22.6 Å². The Balaban J connectivity index is 2.17. The van der Waals surface area contributed by atoms with Gasteiger partial charge in [-0.3, -0.25) is 20.1 Å². The number of phenolic OH excluding ortho intramolecular Hbond substituents is 1. The smallest absolute Gasteiger partial charge is 0.261 e. The summed E-state index contributed by atoms with van der Waals surface area (Å²) in [4.78, 5) is 24.3. The Bertz CT molecular complexity index is 902. The van der Waals surface area contributed by atoms with E-state index in [1.54, 1.807) is 6.07 Å². The number of hydrogen-bond acceptors (Lipinski definition) is 6. The van der Waals surface area contributed by atoms with Gasteiger partial charge in [0.2, 0.25) is 0 Å². The molecule has 1 amide bonds. The van der Waals surface area contributed by atoms with Crippen LogP contribution in [0, 0.1) is 6.57 Å². The molecule has 0 radical (unpaired) electrons. The van der Waals surface area contributed by atoms with Crippen LogP contribution in [0.25, 0.3) is 16.0 Å². The number of hydrogen-bond donors (Lipinski definition) is 3. The summed E-state index contributed by atoms with van der Waals surface area (Å²) in [6.45, 7) is 8.61. The van der Waals surface area contributed by atoms with Gasteiger partial charge in [-0.15, -0.1) is 0 Å². The van der Waals surface area contributed by atoms with E-state index in [0.717, 1.165) is 0 Å². The van der Waals surface area contributed by atoms with Gasteiger partial charge in [-0.05, 0) is 12.1 Å². The third-order valence-electron chi connectivity index (χ3n) is 3.69. The quantitative estimate of drug-likeness (QED) is 0.740. The Morgan fingerprint density at radius 3 is 2.96 bits per heavy atom. The molecule has 1 aliphatic rings. The molecule has 25 heavy (non-hydrogen) atoms. The van der Waals surface area contributed by atoms with E-state index >= 15 is 0 Å². The summed E-state index contributed by atoms with van der Waals surface area (Å²) in [6.07, 6.45) is 3.01. The minimum atomic E-state index is -0.565. The first-order valence-electron chi connectivity index (χ1n) is 7.47. The summed E-state index contributed by atoms with van der Waals surface area (Å²) in [7, 11) is 1.47. The molecule has 0 bridgehead atoms. The highest BCUT2D eigenvalue weighted by atomic mass is 16.5. The van der Waals surface area contributed by atoms with Crippen LogP contribution in [-0.4, -0.2) is 42.2 Å². The van der Waals surface area contributed by atoms with E-state index in [4.69, 9.17) is 11.3 Å². The van der Waals surface area contributed by atoms with E-state index in [-0.39, 0.29) is 22.6 Å². The van der Waals surface area contributed by atoms with E-state index in [1.165, 1.54) is 31.6 Å². The number of aromatic nitrogens is 1. The third kappa shape index (κ3) is 3.07. The fourth-order valence-electron chi connectivity index (χ4n) is 2.58. The zero-order chi connectivity index (χ0) is 17.8. The number of carbonyl (C=O) groups excluding carboxylic acids is 1. The number of ether oxygens (including phenoxy) is 1. The van der Waals surface area contributed by atoms with Crippen LogP contribution in [0.4, 0.5) is 5.69 Å². The maximum atomic E-state index is 12.7. The van der Waals surface area contributed by atoms with E-state index in [0.29, 0.717) is 30.4 Å². The lowest BCUT2D eigenvalue weighted by Gasteiger charge is -2.16. The number of nitrogens with zero attached hydrogens (tertiary/aromatic N) is 3. The number of nitrogens with one attached hydrogen (secondary N) is 2. The topological polar surface area (TPSA) is 100 Å². The van der Waals surface area contributed by atoms with Crippen molar-refractivity contribution in [1.29, 1.82) is 0 Å². The Morgan fingerprint density at radius 1 is 1.44 bits per heavy atom. The highest BCUT2D eigenvalue weighted by Crippen LogP contribution is 2.42. The van der Waals surface area contributed by atoms with Crippen molar-refractivity contribution in [3.05, 3.63) is 47.6 Å². The SMILES string of the molecule is [C-]#[N+]c1ccc(O)c(C(=O)NC2=NCCN2)c1-c1ccncc1OC. The van der Waals surface area contributed by atoms with Gasteiger partial charge < -0.3 is 15.2 Å². The minimum absolute atomic E-state index is 0.0191. The van der Waals surface area contributed by atoms with E-state index < -0.39 is 5.91 Å². The summed E-state index contributed by atoms with van der Waals surface area (Å²) in [5, 5.41) is 15.8. The zero-order valence-corrected chi connectivity index (χ0v) is 13.4. The average molecular weight is 337 g/mol. The summed E-state index contributed by atoms with van der Waals surface area (Å²) in [5.74, 6) is -0.0731. The molecule has 2 heterocycles. The molecule has 0 spiro atoms. The fourth-order valence-corrected chi connectivity index (χ4v) is 2.58. The van der Waals surface area contributed by atoms with E-state index in [2.05, 4.69) is 25.5 Å². The number of methoxy groups -OCH3 is 1. The van der Waals surface area contributed by atoms with Crippen LogP contribution in [-0.2, 0) is 0 Å². The second kappa shape index (κ2) is 6.88. The van der Waals surface area contributed by atoms with Gasteiger partial charge in [0, 0.05) is 23.9 Å². The summed E-state index contributed by atoms with van der Waals surface area (Å²) in [5.41, 5.74) is 0.972. The van der Waals surface area contributed by atoms with Crippen molar-refractivity contribution < 1.29 is 14.6 Å². The van der Waals surface area contributed by atoms with Gasteiger partial charge in [0.05, 0.1) is 32.0 Å². The molecular weight excluding hydrogens is 322 g/mol. The van der Waals surface area contributed by atoms with Crippen molar-refractivity contribution in [2.75, 3.05) is 20.2 Å². The maximum absolute atomic E-state index is 12.7. The molecule has 126 valence electrons. The van der Waals surface area contributed by atoms with E-state index in [9.17, 15) is 9.90 Å². The van der Waals surface area contributed by atoms with Crippen LogP contribution in [0.3, 0.4) is 0 Å². The van der Waals surface area contributed by atoms with Gasteiger partial charge in [0.15, 0.2) is 11.6 Å². The molecule has 0 saturated carbocycles. The predicted molar refractivity (Wildman–Crippen MR) is 91.9 cm³/mol. The Kier molecular flexibility index (Phi) is 4.48. The molecule has 8 nitrogen and oxygen atoms in total. The van der Waals surface area contributed by atoms with Crippen molar-refractivity contribution in [3.63, 3.8) is 0 Å². The van der Waals surface area contributed by atoms with Crippen molar-refractivity contribution in [2.24, 2.45) is 4.99 Å². The monoisotopic (exact) mass is 337 g/mol. The lowest BCUT2D eigenvalue weighted by Crippen LogP contribution is -2.38. The fraction of sp³-hybridized carbons (Fsp3) is 0.176. The summed E-state index contributed by atoms with van der Waals surface area (Å²) >= 11 is 0. The first-order chi connectivity index (χ1) is 12.2. The van der Waals surface area contributed by atoms with Crippen LogP contribution in [0.15, 0.2) is 35.6 Å². The van der Waals surface area contributed by atoms with Gasteiger partial charge in [-0.2, -0.15) is 0 Å². The number of aromatic hydroxyl groups is 1. The highest BCUT2D eigenvalue weighted by Gasteiger charge is 2.24. The van der Waals surface area contributed by atoms with Crippen LogP contribution in [0.2, 0.25) is 0 Å². The summed E-state index contributed by atoms with van der Waals surface area (Å²) < 4.78 is 5.29. The van der Waals surface area contributed by atoms with Gasteiger partial charge in [-0.25, -0.2) is 4.85 Å². The molecule has 0 unspecified atom stereocenters.